The van der Waals surface area contributed by atoms with Crippen LogP contribution >= 0.6 is 12.4 Å². The molecule has 2 aromatic rings. The largest absolute Gasteiger partial charge is 0.384 e. The summed E-state index contributed by atoms with van der Waals surface area (Å²) in [5.41, 5.74) is 4.55. The lowest BCUT2D eigenvalue weighted by atomic mass is 10.0. The predicted molar refractivity (Wildman–Crippen MR) is 71.3 cm³/mol. The van der Waals surface area contributed by atoms with Crippen LogP contribution in [0.15, 0.2) is 42.5 Å². The van der Waals surface area contributed by atoms with E-state index in [-0.39, 0.29) is 18.2 Å². The van der Waals surface area contributed by atoms with Crippen molar-refractivity contribution < 1.29 is 4.39 Å². The van der Waals surface area contributed by atoms with Crippen molar-refractivity contribution in [1.29, 1.82) is 0 Å². The van der Waals surface area contributed by atoms with Crippen molar-refractivity contribution in [2.24, 2.45) is 0 Å². The van der Waals surface area contributed by atoms with Crippen LogP contribution in [0.2, 0.25) is 0 Å². The van der Waals surface area contributed by atoms with Crippen molar-refractivity contribution in [3.05, 3.63) is 53.8 Å². The van der Waals surface area contributed by atoms with Gasteiger partial charge in [0, 0.05) is 12.2 Å². The Labute approximate surface area is 106 Å². The molecular formula is C14H13ClFN. The summed E-state index contributed by atoms with van der Waals surface area (Å²) < 4.78 is 13.1. The van der Waals surface area contributed by atoms with Crippen molar-refractivity contribution in [3.8, 4) is 11.1 Å². The molecule has 0 aromatic heterocycles. The summed E-state index contributed by atoms with van der Waals surface area (Å²) in [6.45, 7) is 1.00. The van der Waals surface area contributed by atoms with Gasteiger partial charge < -0.3 is 5.32 Å². The van der Waals surface area contributed by atoms with Crippen LogP contribution in [-0.2, 0) is 6.42 Å². The van der Waals surface area contributed by atoms with Crippen molar-refractivity contribution >= 4 is 18.1 Å². The fraction of sp³-hybridized carbons (Fsp3) is 0.143. The Kier molecular flexibility index (Phi) is 3.34. The van der Waals surface area contributed by atoms with Crippen molar-refractivity contribution in [1.82, 2.24) is 0 Å². The molecule has 0 unspecified atom stereocenters. The van der Waals surface area contributed by atoms with Gasteiger partial charge in [-0.15, -0.1) is 12.4 Å². The molecule has 0 fully saturated rings. The summed E-state index contributed by atoms with van der Waals surface area (Å²) in [5, 5.41) is 3.32. The molecule has 1 aliphatic rings. The van der Waals surface area contributed by atoms with Gasteiger partial charge in [0.05, 0.1) is 0 Å². The zero-order valence-electron chi connectivity index (χ0n) is 9.24. The predicted octanol–water partition coefficient (Wildman–Crippen LogP) is 3.88. The van der Waals surface area contributed by atoms with E-state index in [0.717, 1.165) is 24.1 Å². The molecule has 3 rings (SSSR count). The molecule has 0 radical (unpaired) electrons. The highest BCUT2D eigenvalue weighted by molar-refractivity contribution is 5.85. The van der Waals surface area contributed by atoms with Gasteiger partial charge in [-0.05, 0) is 47.4 Å². The first kappa shape index (κ1) is 11.9. The molecule has 0 saturated heterocycles. The smallest absolute Gasteiger partial charge is 0.123 e. The molecule has 2 aromatic carbocycles. The number of benzene rings is 2. The molecule has 88 valence electrons. The second-order valence-electron chi connectivity index (χ2n) is 4.06. The number of fused-ring (bicyclic) bond motifs is 1. The van der Waals surface area contributed by atoms with Crippen LogP contribution in [-0.4, -0.2) is 6.54 Å². The SMILES string of the molecule is Cl.Fc1cccc(-c2ccc3c(c2)CCN3)c1. The Balaban J connectivity index is 0.00000108. The van der Waals surface area contributed by atoms with E-state index in [4.69, 9.17) is 0 Å². The second kappa shape index (κ2) is 4.76. The van der Waals surface area contributed by atoms with E-state index >= 15 is 0 Å². The van der Waals surface area contributed by atoms with E-state index in [1.165, 1.54) is 17.3 Å². The molecule has 3 heteroatoms. The van der Waals surface area contributed by atoms with E-state index in [1.54, 1.807) is 12.1 Å². The zero-order valence-corrected chi connectivity index (χ0v) is 10.1. The lowest BCUT2D eigenvalue weighted by Gasteiger charge is -2.05. The average Bonchev–Trinajstić information content (AvgIpc) is 2.75. The van der Waals surface area contributed by atoms with Crippen LogP contribution in [0, 0.1) is 5.82 Å². The highest BCUT2D eigenvalue weighted by Gasteiger charge is 2.10. The van der Waals surface area contributed by atoms with Crippen molar-refractivity contribution in [2.75, 3.05) is 11.9 Å². The van der Waals surface area contributed by atoms with E-state index < -0.39 is 0 Å². The maximum absolute atomic E-state index is 13.1. The lowest BCUT2D eigenvalue weighted by molar-refractivity contribution is 0.628. The highest BCUT2D eigenvalue weighted by atomic mass is 35.5. The Hall–Kier alpha value is -1.54. The zero-order chi connectivity index (χ0) is 11.0. The monoisotopic (exact) mass is 249 g/mol. The van der Waals surface area contributed by atoms with Crippen molar-refractivity contribution in [2.45, 2.75) is 6.42 Å². The highest BCUT2D eigenvalue weighted by Crippen LogP contribution is 2.28. The molecular weight excluding hydrogens is 237 g/mol. The van der Waals surface area contributed by atoms with Gasteiger partial charge in [-0.1, -0.05) is 18.2 Å². The van der Waals surface area contributed by atoms with Crippen LogP contribution in [0.3, 0.4) is 0 Å². The summed E-state index contributed by atoms with van der Waals surface area (Å²) in [7, 11) is 0. The first-order chi connectivity index (χ1) is 7.83. The molecule has 17 heavy (non-hydrogen) atoms. The van der Waals surface area contributed by atoms with E-state index in [2.05, 4.69) is 17.4 Å². The number of anilines is 1. The molecule has 0 atom stereocenters. The lowest BCUT2D eigenvalue weighted by Crippen LogP contribution is -1.90. The summed E-state index contributed by atoms with van der Waals surface area (Å²) in [6.07, 6.45) is 1.05. The third-order valence-corrected chi connectivity index (χ3v) is 2.97. The first-order valence-electron chi connectivity index (χ1n) is 5.46. The Morgan fingerprint density at radius 3 is 2.65 bits per heavy atom. The first-order valence-corrected chi connectivity index (χ1v) is 5.46. The van der Waals surface area contributed by atoms with Gasteiger partial charge in [-0.2, -0.15) is 0 Å². The van der Waals surface area contributed by atoms with Crippen LogP contribution in [0.4, 0.5) is 10.1 Å². The quantitative estimate of drug-likeness (QED) is 0.809. The molecule has 1 heterocycles. The Bertz CT molecular complexity index is 539. The van der Waals surface area contributed by atoms with Crippen LogP contribution in [0.5, 0.6) is 0 Å². The van der Waals surface area contributed by atoms with Crippen LogP contribution < -0.4 is 5.32 Å². The van der Waals surface area contributed by atoms with Gasteiger partial charge in [-0.3, -0.25) is 0 Å². The molecule has 0 saturated carbocycles. The van der Waals surface area contributed by atoms with Crippen molar-refractivity contribution in [3.63, 3.8) is 0 Å². The molecule has 1 nitrogen and oxygen atoms in total. The van der Waals surface area contributed by atoms with E-state index in [1.807, 2.05) is 12.1 Å². The molecule has 1 N–H and O–H groups in total. The third kappa shape index (κ3) is 2.27. The number of hydrogen-bond donors (Lipinski definition) is 1. The minimum absolute atomic E-state index is 0. The normalized spacial score (nSPS) is 12.5. The topological polar surface area (TPSA) is 12.0 Å². The molecule has 0 bridgehead atoms. The third-order valence-electron chi connectivity index (χ3n) is 2.97. The van der Waals surface area contributed by atoms with Crippen LogP contribution in [0.25, 0.3) is 11.1 Å². The summed E-state index contributed by atoms with van der Waals surface area (Å²) in [5.74, 6) is -0.184. The van der Waals surface area contributed by atoms with Gasteiger partial charge in [0.2, 0.25) is 0 Å². The maximum atomic E-state index is 13.1. The van der Waals surface area contributed by atoms with Gasteiger partial charge in [0.1, 0.15) is 5.82 Å². The molecule has 1 aliphatic heterocycles. The van der Waals surface area contributed by atoms with Gasteiger partial charge in [0.25, 0.3) is 0 Å². The summed E-state index contributed by atoms with van der Waals surface area (Å²) >= 11 is 0. The number of nitrogens with one attached hydrogen (secondary N) is 1. The second-order valence-corrected chi connectivity index (χ2v) is 4.06. The van der Waals surface area contributed by atoms with Gasteiger partial charge >= 0.3 is 0 Å². The minimum Gasteiger partial charge on any atom is -0.384 e. The fourth-order valence-electron chi connectivity index (χ4n) is 2.15. The molecule has 0 spiro atoms. The fourth-order valence-corrected chi connectivity index (χ4v) is 2.15. The van der Waals surface area contributed by atoms with Crippen LogP contribution in [0.1, 0.15) is 5.56 Å². The Morgan fingerprint density at radius 2 is 1.82 bits per heavy atom. The van der Waals surface area contributed by atoms with E-state index in [9.17, 15) is 4.39 Å². The van der Waals surface area contributed by atoms with Gasteiger partial charge in [-0.25, -0.2) is 4.39 Å². The molecule has 0 amide bonds. The summed E-state index contributed by atoms with van der Waals surface area (Å²) in [4.78, 5) is 0. The number of halogens is 2. The van der Waals surface area contributed by atoms with E-state index in [0.29, 0.717) is 0 Å². The number of hydrogen-bond acceptors (Lipinski definition) is 1. The maximum Gasteiger partial charge on any atom is 0.123 e. The average molecular weight is 250 g/mol. The summed E-state index contributed by atoms with van der Waals surface area (Å²) in [6, 6.07) is 13.0. The van der Waals surface area contributed by atoms with Gasteiger partial charge in [0.15, 0.2) is 0 Å². The standard InChI is InChI=1S/C14H12FN.ClH/c15-13-3-1-2-10(9-13)11-4-5-14-12(8-11)6-7-16-14;/h1-5,8-9,16H,6-7H2;1H. The number of rotatable bonds is 1. The minimum atomic E-state index is -0.184. The molecule has 0 aliphatic carbocycles. The Morgan fingerprint density at radius 1 is 1.00 bits per heavy atom.